The van der Waals surface area contributed by atoms with Gasteiger partial charge in [0.15, 0.2) is 5.78 Å². The number of carbonyl (C=O) groups is 2. The summed E-state index contributed by atoms with van der Waals surface area (Å²) in [5, 5.41) is 0. The van der Waals surface area contributed by atoms with Crippen LogP contribution >= 0.6 is 31.9 Å². The summed E-state index contributed by atoms with van der Waals surface area (Å²) in [6.07, 6.45) is 2.51. The van der Waals surface area contributed by atoms with Gasteiger partial charge in [0.1, 0.15) is 6.29 Å². The van der Waals surface area contributed by atoms with Gasteiger partial charge in [0, 0.05) is 5.41 Å². The zero-order valence-electron chi connectivity index (χ0n) is 8.14. The standard InChI is InChI=1S/C10H12Br2O2/c1-8(2)7(14)10(12)4-3-9(8,5-13)6(10)11/h5-6H,3-4H2,1-2H3/t6-,9+,10-/m1/s1. The molecule has 0 heterocycles. The lowest BCUT2D eigenvalue weighted by atomic mass is 9.65. The van der Waals surface area contributed by atoms with Crippen molar-refractivity contribution in [3.05, 3.63) is 0 Å². The summed E-state index contributed by atoms with van der Waals surface area (Å²) in [7, 11) is 0. The smallest absolute Gasteiger partial charge is 0.157 e. The third-order valence-corrected chi connectivity index (χ3v) is 7.50. The molecule has 2 nitrogen and oxygen atoms in total. The number of rotatable bonds is 1. The Balaban J connectivity index is 2.64. The molecule has 0 saturated heterocycles. The molecule has 0 unspecified atom stereocenters. The van der Waals surface area contributed by atoms with E-state index in [1.54, 1.807) is 0 Å². The highest BCUT2D eigenvalue weighted by molar-refractivity contribution is 9.13. The molecule has 2 aliphatic carbocycles. The van der Waals surface area contributed by atoms with Crippen molar-refractivity contribution in [3.63, 3.8) is 0 Å². The average molecular weight is 324 g/mol. The monoisotopic (exact) mass is 322 g/mol. The molecule has 0 aromatic rings. The molecule has 3 atom stereocenters. The van der Waals surface area contributed by atoms with E-state index >= 15 is 0 Å². The highest BCUT2D eigenvalue weighted by Crippen LogP contribution is 2.68. The minimum Gasteiger partial charge on any atom is -0.303 e. The lowest BCUT2D eigenvalue weighted by Gasteiger charge is -2.36. The van der Waals surface area contributed by atoms with Gasteiger partial charge in [-0.15, -0.1) is 0 Å². The number of hydrogen-bond acceptors (Lipinski definition) is 2. The number of halogens is 2. The fourth-order valence-electron chi connectivity index (χ4n) is 2.91. The van der Waals surface area contributed by atoms with Crippen LogP contribution in [0.15, 0.2) is 0 Å². The normalized spacial score (nSPS) is 49.7. The maximum absolute atomic E-state index is 12.1. The summed E-state index contributed by atoms with van der Waals surface area (Å²) in [6, 6.07) is 0. The van der Waals surface area contributed by atoms with Gasteiger partial charge in [0.25, 0.3) is 0 Å². The molecule has 78 valence electrons. The summed E-state index contributed by atoms with van der Waals surface area (Å²) in [5.74, 6) is 0.158. The third kappa shape index (κ3) is 0.838. The molecule has 0 spiro atoms. The topological polar surface area (TPSA) is 34.1 Å². The molecule has 2 fully saturated rings. The Hall–Kier alpha value is 0.300. The van der Waals surface area contributed by atoms with Crippen molar-refractivity contribution >= 4 is 43.9 Å². The number of fused-ring (bicyclic) bond motifs is 2. The molecule has 4 heteroatoms. The van der Waals surface area contributed by atoms with Crippen LogP contribution in [0.2, 0.25) is 0 Å². The fraction of sp³-hybridized carbons (Fsp3) is 0.800. The second-order valence-corrected chi connectivity index (χ2v) is 7.17. The highest BCUT2D eigenvalue weighted by Gasteiger charge is 2.74. The maximum Gasteiger partial charge on any atom is 0.157 e. The predicted molar refractivity (Wildman–Crippen MR) is 60.9 cm³/mol. The van der Waals surface area contributed by atoms with Gasteiger partial charge in [0.05, 0.1) is 14.6 Å². The SMILES string of the molecule is CC1(C)C(=O)[C@@]2(Br)CC[C@]1(C=O)[C@H]2Br. The van der Waals surface area contributed by atoms with E-state index in [9.17, 15) is 9.59 Å². The van der Waals surface area contributed by atoms with E-state index in [0.29, 0.717) is 0 Å². The number of aldehydes is 1. The number of hydrogen-bond donors (Lipinski definition) is 0. The summed E-state index contributed by atoms with van der Waals surface area (Å²) in [5.41, 5.74) is -1.07. The van der Waals surface area contributed by atoms with Crippen molar-refractivity contribution < 1.29 is 9.59 Å². The van der Waals surface area contributed by atoms with Gasteiger partial charge < -0.3 is 4.79 Å². The molecule has 2 bridgehead atoms. The highest BCUT2D eigenvalue weighted by atomic mass is 79.9. The molecular weight excluding hydrogens is 312 g/mol. The van der Waals surface area contributed by atoms with E-state index in [2.05, 4.69) is 31.9 Å². The molecule has 2 rings (SSSR count). The van der Waals surface area contributed by atoms with E-state index in [1.165, 1.54) is 0 Å². The molecule has 0 aliphatic heterocycles. The summed E-state index contributed by atoms with van der Waals surface area (Å²) in [6.45, 7) is 3.75. The lowest BCUT2D eigenvalue weighted by Crippen LogP contribution is -2.43. The molecule has 2 aliphatic rings. The van der Waals surface area contributed by atoms with Gasteiger partial charge in [-0.05, 0) is 12.8 Å². The number of Topliss-reactive ketones (excluding diaryl/α,β-unsaturated/α-hetero) is 1. The molecule has 0 aromatic heterocycles. The van der Waals surface area contributed by atoms with Gasteiger partial charge in [-0.3, -0.25) is 4.79 Å². The molecule has 2 saturated carbocycles. The Bertz CT molecular complexity index is 326. The largest absolute Gasteiger partial charge is 0.303 e. The first-order valence-electron chi connectivity index (χ1n) is 4.67. The van der Waals surface area contributed by atoms with Crippen molar-refractivity contribution in [1.29, 1.82) is 0 Å². The lowest BCUT2D eigenvalue weighted by molar-refractivity contribution is -0.136. The first-order chi connectivity index (χ1) is 6.33. The Morgan fingerprint density at radius 1 is 1.43 bits per heavy atom. The van der Waals surface area contributed by atoms with Crippen molar-refractivity contribution in [2.75, 3.05) is 0 Å². The van der Waals surface area contributed by atoms with Gasteiger partial charge in [-0.1, -0.05) is 45.7 Å². The van der Waals surface area contributed by atoms with Crippen LogP contribution < -0.4 is 0 Å². The molecule has 14 heavy (non-hydrogen) atoms. The van der Waals surface area contributed by atoms with Crippen molar-refractivity contribution in [2.24, 2.45) is 10.8 Å². The van der Waals surface area contributed by atoms with Crippen molar-refractivity contribution in [3.8, 4) is 0 Å². The van der Waals surface area contributed by atoms with Crippen LogP contribution in [0.1, 0.15) is 26.7 Å². The van der Waals surface area contributed by atoms with Crippen LogP contribution in [-0.2, 0) is 9.59 Å². The maximum atomic E-state index is 12.1. The van der Waals surface area contributed by atoms with E-state index in [-0.39, 0.29) is 10.6 Å². The molecular formula is C10H12Br2O2. The molecule has 0 amide bonds. The van der Waals surface area contributed by atoms with Gasteiger partial charge in [-0.25, -0.2) is 0 Å². The van der Waals surface area contributed by atoms with Crippen LogP contribution in [-0.4, -0.2) is 21.2 Å². The Morgan fingerprint density at radius 2 is 2.00 bits per heavy atom. The molecule has 0 aromatic carbocycles. The Kier molecular flexibility index (Phi) is 2.08. The van der Waals surface area contributed by atoms with Crippen molar-refractivity contribution in [1.82, 2.24) is 0 Å². The minimum atomic E-state index is -0.551. The van der Waals surface area contributed by atoms with Gasteiger partial charge in [-0.2, -0.15) is 0 Å². The van der Waals surface area contributed by atoms with Gasteiger partial charge >= 0.3 is 0 Å². The first kappa shape index (κ1) is 10.8. The Labute approximate surface area is 100 Å². The van der Waals surface area contributed by atoms with Crippen LogP contribution in [0.4, 0.5) is 0 Å². The van der Waals surface area contributed by atoms with E-state index < -0.39 is 15.2 Å². The predicted octanol–water partition coefficient (Wildman–Crippen LogP) is 2.47. The van der Waals surface area contributed by atoms with Crippen molar-refractivity contribution in [2.45, 2.75) is 35.8 Å². The zero-order chi connectivity index (χ0) is 10.8. The van der Waals surface area contributed by atoms with Crippen LogP contribution in [0.3, 0.4) is 0 Å². The number of ketones is 1. The summed E-state index contributed by atoms with van der Waals surface area (Å²) in [4.78, 5) is 23.4. The van der Waals surface area contributed by atoms with Crippen LogP contribution in [0.5, 0.6) is 0 Å². The fourth-order valence-corrected chi connectivity index (χ4v) is 5.35. The second kappa shape index (κ2) is 2.70. The van der Waals surface area contributed by atoms with Crippen LogP contribution in [0.25, 0.3) is 0 Å². The second-order valence-electron chi connectivity index (χ2n) is 4.84. The van der Waals surface area contributed by atoms with Crippen LogP contribution in [0, 0.1) is 10.8 Å². The average Bonchev–Trinajstić information content (AvgIpc) is 2.45. The van der Waals surface area contributed by atoms with E-state index in [4.69, 9.17) is 0 Å². The summed E-state index contributed by atoms with van der Waals surface area (Å²) >= 11 is 7.04. The molecule has 0 radical (unpaired) electrons. The minimum absolute atomic E-state index is 0.0671. The molecule has 0 N–H and O–H groups in total. The van der Waals surface area contributed by atoms with E-state index in [0.717, 1.165) is 19.1 Å². The first-order valence-corrected chi connectivity index (χ1v) is 6.38. The Morgan fingerprint density at radius 3 is 2.29 bits per heavy atom. The third-order valence-electron chi connectivity index (χ3n) is 4.08. The zero-order valence-corrected chi connectivity index (χ0v) is 11.3. The van der Waals surface area contributed by atoms with E-state index in [1.807, 2.05) is 13.8 Å². The summed E-state index contributed by atoms with van der Waals surface area (Å²) < 4.78 is -0.516. The number of alkyl halides is 2. The van der Waals surface area contributed by atoms with Gasteiger partial charge in [0.2, 0.25) is 0 Å². The quantitative estimate of drug-likeness (QED) is 0.549. The number of carbonyl (C=O) groups excluding carboxylic acids is 2.